The minimum Gasteiger partial charge on any atom is -0.445 e. The van der Waals surface area contributed by atoms with Crippen LogP contribution in [0.2, 0.25) is 5.15 Å². The summed E-state index contributed by atoms with van der Waals surface area (Å²) in [6.07, 6.45) is 3.51. The van der Waals surface area contributed by atoms with E-state index in [1.807, 2.05) is 30.3 Å². The molecule has 8 heteroatoms. The van der Waals surface area contributed by atoms with Gasteiger partial charge in [0, 0.05) is 24.2 Å². The molecule has 6 nitrogen and oxygen atoms in total. The number of hydrogen-bond acceptors (Lipinski definition) is 5. The van der Waals surface area contributed by atoms with E-state index in [1.54, 1.807) is 4.90 Å². The number of halogens is 2. The average Bonchev–Trinajstić information content (AvgIpc) is 3.00. The Labute approximate surface area is 172 Å². The molecule has 3 heterocycles. The number of piperidine rings is 1. The van der Waals surface area contributed by atoms with Gasteiger partial charge in [-0.3, -0.25) is 4.79 Å². The fourth-order valence-electron chi connectivity index (χ4n) is 4.38. The van der Waals surface area contributed by atoms with E-state index < -0.39 is 5.82 Å². The number of carbonyl (C=O) groups is 2. The first kappa shape index (κ1) is 19.6. The fourth-order valence-corrected chi connectivity index (χ4v) is 4.53. The zero-order valence-electron chi connectivity index (χ0n) is 15.7. The van der Waals surface area contributed by atoms with E-state index in [1.165, 1.54) is 6.20 Å². The molecule has 152 valence electrons. The summed E-state index contributed by atoms with van der Waals surface area (Å²) in [5.74, 6) is -1.46. The lowest BCUT2D eigenvalue weighted by Gasteiger charge is -2.37. The molecule has 2 fully saturated rings. The smallest absolute Gasteiger partial charge is 0.410 e. The zero-order valence-corrected chi connectivity index (χ0v) is 16.4. The summed E-state index contributed by atoms with van der Waals surface area (Å²) in [5, 5.41) is -0.352. The van der Waals surface area contributed by atoms with Crippen molar-refractivity contribution in [3.05, 3.63) is 58.6 Å². The highest BCUT2D eigenvalue weighted by Gasteiger charge is 2.46. The van der Waals surface area contributed by atoms with Gasteiger partial charge in [-0.25, -0.2) is 14.2 Å². The molecule has 2 N–H and O–H groups in total. The highest BCUT2D eigenvalue weighted by Crippen LogP contribution is 2.41. The average molecular weight is 418 g/mol. The van der Waals surface area contributed by atoms with Crippen LogP contribution >= 0.6 is 11.6 Å². The van der Waals surface area contributed by atoms with E-state index in [9.17, 15) is 14.0 Å². The van der Waals surface area contributed by atoms with E-state index in [4.69, 9.17) is 22.1 Å². The van der Waals surface area contributed by atoms with E-state index in [-0.39, 0.29) is 52.9 Å². The van der Waals surface area contributed by atoms with Crippen LogP contribution in [0.1, 0.15) is 41.6 Å². The maximum Gasteiger partial charge on any atom is 0.410 e. The van der Waals surface area contributed by atoms with Gasteiger partial charge in [-0.15, -0.1) is 0 Å². The lowest BCUT2D eigenvalue weighted by atomic mass is 9.85. The fraction of sp³-hybridized carbons (Fsp3) is 0.381. The number of nitrogen functional groups attached to an aromatic ring is 1. The number of nitrogens with zero attached hydrogens (tertiary/aromatic N) is 2. The Morgan fingerprint density at radius 3 is 2.52 bits per heavy atom. The number of hydrogen-bond donors (Lipinski definition) is 1. The number of ether oxygens (including phenoxy) is 1. The molecule has 0 saturated carbocycles. The van der Waals surface area contributed by atoms with Crippen LogP contribution in [0.25, 0.3) is 0 Å². The number of benzene rings is 1. The summed E-state index contributed by atoms with van der Waals surface area (Å²) in [5.41, 5.74) is 6.44. The number of aromatic nitrogens is 1. The van der Waals surface area contributed by atoms with Crippen molar-refractivity contribution < 1.29 is 18.7 Å². The summed E-state index contributed by atoms with van der Waals surface area (Å²) in [6, 6.07) is 9.35. The van der Waals surface area contributed by atoms with E-state index >= 15 is 0 Å². The van der Waals surface area contributed by atoms with Crippen LogP contribution in [-0.2, 0) is 11.3 Å². The molecule has 2 aromatic rings. The van der Waals surface area contributed by atoms with Gasteiger partial charge >= 0.3 is 6.09 Å². The van der Waals surface area contributed by atoms with Crippen molar-refractivity contribution in [1.82, 2.24) is 9.88 Å². The van der Waals surface area contributed by atoms with Gasteiger partial charge in [0.1, 0.15) is 6.61 Å². The number of fused-ring (bicyclic) bond motifs is 2. The van der Waals surface area contributed by atoms with Crippen LogP contribution in [-0.4, -0.2) is 33.8 Å². The van der Waals surface area contributed by atoms with Crippen LogP contribution in [0, 0.1) is 11.7 Å². The first-order chi connectivity index (χ1) is 14.0. The second-order valence-electron chi connectivity index (χ2n) is 7.56. The number of nitrogens with two attached hydrogens (primary N) is 1. The van der Waals surface area contributed by atoms with Crippen molar-refractivity contribution in [2.75, 3.05) is 5.73 Å². The largest absolute Gasteiger partial charge is 0.445 e. The van der Waals surface area contributed by atoms with Crippen LogP contribution in [0.15, 0.2) is 36.5 Å². The molecule has 29 heavy (non-hydrogen) atoms. The standard InChI is InChI=1S/C21H21ClFN3O3/c22-20-17(23)18(24)16(10-25-20)19(27)13-8-14-6-7-15(9-13)26(14)21(28)29-11-12-4-2-1-3-5-12/h1-5,10,13-15H,6-9,11H2,(H2,24,25). The Kier molecular flexibility index (Phi) is 5.41. The van der Waals surface area contributed by atoms with Gasteiger partial charge in [-0.1, -0.05) is 41.9 Å². The van der Waals surface area contributed by atoms with Gasteiger partial charge in [0.05, 0.1) is 11.3 Å². The SMILES string of the molecule is Nc1c(C(=O)C2CC3CCC(C2)N3C(=O)OCc2ccccc2)cnc(Cl)c1F. The van der Waals surface area contributed by atoms with Crippen LogP contribution in [0.5, 0.6) is 0 Å². The molecule has 1 aromatic carbocycles. The zero-order chi connectivity index (χ0) is 20.5. The van der Waals surface area contributed by atoms with Crippen molar-refractivity contribution in [3.63, 3.8) is 0 Å². The summed E-state index contributed by atoms with van der Waals surface area (Å²) in [4.78, 5) is 31.0. The Morgan fingerprint density at radius 2 is 1.86 bits per heavy atom. The number of pyridine rings is 1. The molecule has 2 bridgehead atoms. The predicted octanol–water partition coefficient (Wildman–Crippen LogP) is 4.22. The molecular formula is C21H21ClFN3O3. The van der Waals surface area contributed by atoms with Crippen LogP contribution in [0.4, 0.5) is 14.9 Å². The Balaban J connectivity index is 1.43. The quantitative estimate of drug-likeness (QED) is 0.594. The summed E-state index contributed by atoms with van der Waals surface area (Å²) in [6.45, 7) is 0.213. The number of ketones is 1. The maximum atomic E-state index is 13.9. The van der Waals surface area contributed by atoms with E-state index in [2.05, 4.69) is 4.98 Å². The second-order valence-corrected chi connectivity index (χ2v) is 7.91. The van der Waals surface area contributed by atoms with Gasteiger partial charge in [0.2, 0.25) is 0 Å². The third-order valence-corrected chi connectivity index (χ3v) is 6.06. The number of carbonyl (C=O) groups excluding carboxylic acids is 2. The van der Waals surface area contributed by atoms with Gasteiger partial charge in [-0.05, 0) is 31.2 Å². The molecule has 0 aliphatic carbocycles. The first-order valence-corrected chi connectivity index (χ1v) is 9.96. The highest BCUT2D eigenvalue weighted by molar-refractivity contribution is 6.30. The van der Waals surface area contributed by atoms with Gasteiger partial charge in [0.25, 0.3) is 0 Å². The van der Waals surface area contributed by atoms with Gasteiger partial charge in [0.15, 0.2) is 16.8 Å². The van der Waals surface area contributed by atoms with Crippen molar-refractivity contribution in [3.8, 4) is 0 Å². The molecule has 2 aliphatic heterocycles. The first-order valence-electron chi connectivity index (χ1n) is 9.58. The lowest BCUT2D eigenvalue weighted by Crippen LogP contribution is -2.48. The molecule has 2 aliphatic rings. The molecule has 2 unspecified atom stereocenters. The second kappa shape index (κ2) is 7.99. The number of rotatable bonds is 4. The number of anilines is 1. The lowest BCUT2D eigenvalue weighted by molar-refractivity contribution is 0.0485. The van der Waals surface area contributed by atoms with Gasteiger partial charge in [-0.2, -0.15) is 0 Å². The minimum atomic E-state index is -0.873. The molecule has 1 amide bonds. The molecule has 0 radical (unpaired) electrons. The van der Waals surface area contributed by atoms with Crippen molar-refractivity contribution >= 4 is 29.2 Å². The van der Waals surface area contributed by atoms with E-state index in [0.29, 0.717) is 12.8 Å². The molecule has 4 rings (SSSR count). The van der Waals surface area contributed by atoms with Gasteiger partial charge < -0.3 is 15.4 Å². The van der Waals surface area contributed by atoms with Crippen LogP contribution in [0.3, 0.4) is 0 Å². The number of amides is 1. The molecule has 2 saturated heterocycles. The Hall–Kier alpha value is -2.67. The van der Waals surface area contributed by atoms with Crippen molar-refractivity contribution in [2.24, 2.45) is 5.92 Å². The van der Waals surface area contributed by atoms with Crippen molar-refractivity contribution in [1.29, 1.82) is 0 Å². The molecule has 1 aromatic heterocycles. The third-order valence-electron chi connectivity index (χ3n) is 5.80. The van der Waals surface area contributed by atoms with Crippen LogP contribution < -0.4 is 5.73 Å². The molecular weight excluding hydrogens is 397 g/mol. The minimum absolute atomic E-state index is 0.0522. The third kappa shape index (κ3) is 3.79. The number of Topliss-reactive ketones (excluding diaryl/α,β-unsaturated/α-hetero) is 1. The summed E-state index contributed by atoms with van der Waals surface area (Å²) < 4.78 is 19.4. The highest BCUT2D eigenvalue weighted by atomic mass is 35.5. The van der Waals surface area contributed by atoms with E-state index in [0.717, 1.165) is 18.4 Å². The molecule has 0 spiro atoms. The molecule has 2 atom stereocenters. The Morgan fingerprint density at radius 1 is 1.21 bits per heavy atom. The summed E-state index contributed by atoms with van der Waals surface area (Å²) in [7, 11) is 0. The maximum absolute atomic E-state index is 13.9. The Bertz CT molecular complexity index is 926. The van der Waals surface area contributed by atoms with Crippen molar-refractivity contribution in [2.45, 2.75) is 44.4 Å². The normalized spacial score (nSPS) is 23.1. The predicted molar refractivity (Wildman–Crippen MR) is 106 cm³/mol. The summed E-state index contributed by atoms with van der Waals surface area (Å²) >= 11 is 5.63. The monoisotopic (exact) mass is 417 g/mol. The topological polar surface area (TPSA) is 85.5 Å².